The van der Waals surface area contributed by atoms with Crippen LogP contribution in [0.4, 0.5) is 4.39 Å². The second-order valence-electron chi connectivity index (χ2n) is 5.35. The Hall–Kier alpha value is -1.35. The first kappa shape index (κ1) is 10.8. The van der Waals surface area contributed by atoms with E-state index in [0.29, 0.717) is 0 Å². The van der Waals surface area contributed by atoms with Crippen LogP contribution in [-0.2, 0) is 19.0 Å². The molecule has 1 aliphatic rings. The molecule has 2 nitrogen and oxygen atoms in total. The quantitative estimate of drug-likeness (QED) is 0.739. The number of hydrogen-bond donors (Lipinski definition) is 1. The lowest BCUT2D eigenvalue weighted by Gasteiger charge is -2.33. The molecule has 1 aromatic carbocycles. The number of aryl methyl sites for hydroxylation is 1. The molecule has 0 saturated heterocycles. The minimum atomic E-state index is -0.151. The summed E-state index contributed by atoms with van der Waals surface area (Å²) < 4.78 is 15.6. The van der Waals surface area contributed by atoms with Crippen LogP contribution in [0.1, 0.15) is 25.1 Å². The SMILES string of the molecule is Cn1c2c(c3cc(F)ccc31)CCNC2(C)C. The summed E-state index contributed by atoms with van der Waals surface area (Å²) in [5.41, 5.74) is 3.65. The number of rotatable bonds is 0. The molecule has 0 bridgehead atoms. The van der Waals surface area contributed by atoms with Crippen molar-refractivity contribution in [1.29, 1.82) is 0 Å². The molecule has 3 rings (SSSR count). The second kappa shape index (κ2) is 3.33. The van der Waals surface area contributed by atoms with Gasteiger partial charge in [0, 0.05) is 30.2 Å². The molecule has 90 valence electrons. The lowest BCUT2D eigenvalue weighted by molar-refractivity contribution is 0.363. The predicted octanol–water partition coefficient (Wildman–Crippen LogP) is 2.70. The minimum absolute atomic E-state index is 0.0438. The fourth-order valence-corrected chi connectivity index (χ4v) is 3.13. The summed E-state index contributed by atoms with van der Waals surface area (Å²) in [6.07, 6.45) is 0.972. The summed E-state index contributed by atoms with van der Waals surface area (Å²) >= 11 is 0. The van der Waals surface area contributed by atoms with Gasteiger partial charge in [-0.25, -0.2) is 4.39 Å². The first-order valence-electron chi connectivity index (χ1n) is 6.03. The Kier molecular flexibility index (Phi) is 2.11. The lowest BCUT2D eigenvalue weighted by atomic mass is 9.90. The van der Waals surface area contributed by atoms with E-state index in [1.165, 1.54) is 17.3 Å². The first-order valence-corrected chi connectivity index (χ1v) is 6.03. The van der Waals surface area contributed by atoms with Crippen molar-refractivity contribution in [3.05, 3.63) is 35.3 Å². The molecular formula is C14H17FN2. The molecule has 2 heterocycles. The van der Waals surface area contributed by atoms with Crippen molar-refractivity contribution in [2.24, 2.45) is 7.05 Å². The Bertz CT molecular complexity index is 596. The van der Waals surface area contributed by atoms with Gasteiger partial charge < -0.3 is 9.88 Å². The lowest BCUT2D eigenvalue weighted by Crippen LogP contribution is -2.43. The minimum Gasteiger partial charge on any atom is -0.346 e. The fourth-order valence-electron chi connectivity index (χ4n) is 3.13. The Labute approximate surface area is 100 Å². The van der Waals surface area contributed by atoms with Crippen LogP contribution in [0.5, 0.6) is 0 Å². The highest BCUT2D eigenvalue weighted by Crippen LogP contribution is 2.35. The van der Waals surface area contributed by atoms with Crippen molar-refractivity contribution < 1.29 is 4.39 Å². The number of benzene rings is 1. The standard InChI is InChI=1S/C14H17FN2/c1-14(2)13-10(6-7-16-14)11-8-9(15)4-5-12(11)17(13)3/h4-5,8,16H,6-7H2,1-3H3. The second-order valence-corrected chi connectivity index (χ2v) is 5.35. The highest BCUT2D eigenvalue weighted by Gasteiger charge is 2.31. The van der Waals surface area contributed by atoms with Crippen LogP contribution in [0.15, 0.2) is 18.2 Å². The predicted molar refractivity (Wildman–Crippen MR) is 67.6 cm³/mol. The van der Waals surface area contributed by atoms with E-state index in [0.717, 1.165) is 23.9 Å². The van der Waals surface area contributed by atoms with E-state index in [1.807, 2.05) is 6.07 Å². The molecule has 0 fully saturated rings. The fraction of sp³-hybridized carbons (Fsp3) is 0.429. The van der Waals surface area contributed by atoms with Gasteiger partial charge in [0.05, 0.1) is 5.54 Å². The summed E-state index contributed by atoms with van der Waals surface area (Å²) in [6.45, 7) is 5.32. The number of aromatic nitrogens is 1. The molecule has 3 heteroatoms. The van der Waals surface area contributed by atoms with Gasteiger partial charge in [-0.2, -0.15) is 0 Å². The van der Waals surface area contributed by atoms with Gasteiger partial charge in [-0.1, -0.05) is 0 Å². The molecule has 0 aliphatic carbocycles. The molecule has 1 N–H and O–H groups in total. The summed E-state index contributed by atoms with van der Waals surface area (Å²) in [6, 6.07) is 5.07. The molecule has 0 atom stereocenters. The van der Waals surface area contributed by atoms with Crippen molar-refractivity contribution in [1.82, 2.24) is 9.88 Å². The van der Waals surface area contributed by atoms with Crippen LogP contribution in [-0.4, -0.2) is 11.1 Å². The molecule has 1 aliphatic heterocycles. The van der Waals surface area contributed by atoms with E-state index < -0.39 is 0 Å². The highest BCUT2D eigenvalue weighted by molar-refractivity contribution is 5.86. The van der Waals surface area contributed by atoms with Crippen LogP contribution in [0.25, 0.3) is 10.9 Å². The van der Waals surface area contributed by atoms with Gasteiger partial charge in [0.15, 0.2) is 0 Å². The Balaban J connectivity index is 2.42. The zero-order valence-electron chi connectivity index (χ0n) is 10.5. The van der Waals surface area contributed by atoms with Crippen molar-refractivity contribution in [3.8, 4) is 0 Å². The highest BCUT2D eigenvalue weighted by atomic mass is 19.1. The molecule has 17 heavy (non-hydrogen) atoms. The van der Waals surface area contributed by atoms with E-state index in [2.05, 4.69) is 30.8 Å². The Morgan fingerprint density at radius 1 is 1.35 bits per heavy atom. The molecule has 0 spiro atoms. The van der Waals surface area contributed by atoms with Gasteiger partial charge in [-0.05, 0) is 44.0 Å². The summed E-state index contributed by atoms with van der Waals surface area (Å²) in [5, 5.41) is 4.58. The van der Waals surface area contributed by atoms with Gasteiger partial charge in [0.2, 0.25) is 0 Å². The topological polar surface area (TPSA) is 17.0 Å². The molecule has 1 aromatic heterocycles. The normalized spacial score (nSPS) is 18.4. The summed E-state index contributed by atoms with van der Waals surface area (Å²) in [4.78, 5) is 0. The first-order chi connectivity index (χ1) is 8.00. The average molecular weight is 232 g/mol. The number of nitrogens with zero attached hydrogens (tertiary/aromatic N) is 1. The summed E-state index contributed by atoms with van der Waals surface area (Å²) in [5.74, 6) is -0.151. The third-order valence-electron chi connectivity index (χ3n) is 3.80. The van der Waals surface area contributed by atoms with Crippen molar-refractivity contribution in [2.75, 3.05) is 6.54 Å². The maximum Gasteiger partial charge on any atom is 0.123 e. The zero-order valence-corrected chi connectivity index (χ0v) is 10.5. The molecular weight excluding hydrogens is 215 g/mol. The van der Waals surface area contributed by atoms with Crippen LogP contribution < -0.4 is 5.32 Å². The smallest absolute Gasteiger partial charge is 0.123 e. The Morgan fingerprint density at radius 2 is 2.12 bits per heavy atom. The van der Waals surface area contributed by atoms with Gasteiger partial charge in [0.25, 0.3) is 0 Å². The number of nitrogens with one attached hydrogen (secondary N) is 1. The van der Waals surface area contributed by atoms with Gasteiger partial charge >= 0.3 is 0 Å². The third kappa shape index (κ3) is 1.42. The number of fused-ring (bicyclic) bond motifs is 3. The maximum absolute atomic E-state index is 13.4. The molecule has 0 radical (unpaired) electrons. The molecule has 0 amide bonds. The van der Waals surface area contributed by atoms with E-state index in [1.54, 1.807) is 6.07 Å². The zero-order chi connectivity index (χ0) is 12.2. The van der Waals surface area contributed by atoms with Crippen LogP contribution >= 0.6 is 0 Å². The molecule has 2 aromatic rings. The van der Waals surface area contributed by atoms with E-state index in [4.69, 9.17) is 0 Å². The molecule has 0 unspecified atom stereocenters. The van der Waals surface area contributed by atoms with E-state index in [-0.39, 0.29) is 11.4 Å². The van der Waals surface area contributed by atoms with Gasteiger partial charge in [-0.3, -0.25) is 0 Å². The summed E-state index contributed by atoms with van der Waals surface area (Å²) in [7, 11) is 2.06. The van der Waals surface area contributed by atoms with Crippen molar-refractivity contribution in [3.63, 3.8) is 0 Å². The maximum atomic E-state index is 13.4. The van der Waals surface area contributed by atoms with Crippen LogP contribution in [0, 0.1) is 5.82 Å². The average Bonchev–Trinajstić information content (AvgIpc) is 2.53. The van der Waals surface area contributed by atoms with Gasteiger partial charge in [-0.15, -0.1) is 0 Å². The van der Waals surface area contributed by atoms with Crippen molar-refractivity contribution >= 4 is 10.9 Å². The van der Waals surface area contributed by atoms with Crippen LogP contribution in [0.3, 0.4) is 0 Å². The third-order valence-corrected chi connectivity index (χ3v) is 3.80. The van der Waals surface area contributed by atoms with E-state index >= 15 is 0 Å². The van der Waals surface area contributed by atoms with Crippen molar-refractivity contribution in [2.45, 2.75) is 25.8 Å². The van der Waals surface area contributed by atoms with Gasteiger partial charge in [0.1, 0.15) is 5.82 Å². The van der Waals surface area contributed by atoms with E-state index in [9.17, 15) is 4.39 Å². The number of hydrogen-bond acceptors (Lipinski definition) is 1. The van der Waals surface area contributed by atoms with Crippen LogP contribution in [0.2, 0.25) is 0 Å². The molecule has 0 saturated carbocycles. The Morgan fingerprint density at radius 3 is 2.88 bits per heavy atom. The largest absolute Gasteiger partial charge is 0.346 e. The monoisotopic (exact) mass is 232 g/mol. The number of halogens is 1.